The van der Waals surface area contributed by atoms with Crippen LogP contribution < -0.4 is 4.74 Å². The van der Waals surface area contributed by atoms with E-state index in [-0.39, 0.29) is 0 Å². The Labute approximate surface area is 159 Å². The van der Waals surface area contributed by atoms with Gasteiger partial charge in [0, 0.05) is 23.5 Å². The first kappa shape index (κ1) is 18.3. The lowest BCUT2D eigenvalue weighted by Gasteiger charge is -2.06. The second-order valence-electron chi connectivity index (χ2n) is 6.08. The normalized spacial score (nSPS) is 10.7. The zero-order chi connectivity index (χ0) is 18.9. The molecule has 0 aliphatic carbocycles. The maximum absolute atomic E-state index is 8.87. The maximum atomic E-state index is 8.87. The summed E-state index contributed by atoms with van der Waals surface area (Å²) in [6.07, 6.45) is 10.0. The molecular formula is C23H21N3O. The van der Waals surface area contributed by atoms with Crippen molar-refractivity contribution in [3.63, 3.8) is 0 Å². The number of ether oxygens (including phenoxy) is 1. The Kier molecular flexibility index (Phi) is 6.32. The molecular weight excluding hydrogens is 334 g/mol. The van der Waals surface area contributed by atoms with Gasteiger partial charge in [0.2, 0.25) is 0 Å². The number of nitriles is 1. The van der Waals surface area contributed by atoms with Crippen molar-refractivity contribution in [1.82, 2.24) is 9.97 Å². The van der Waals surface area contributed by atoms with Gasteiger partial charge >= 0.3 is 0 Å². The molecule has 0 bridgehead atoms. The lowest BCUT2D eigenvalue weighted by molar-refractivity contribution is 0.362. The van der Waals surface area contributed by atoms with Crippen LogP contribution in [0.1, 0.15) is 25.3 Å². The van der Waals surface area contributed by atoms with E-state index >= 15 is 0 Å². The van der Waals surface area contributed by atoms with Crippen LogP contribution in [0, 0.1) is 11.3 Å². The largest absolute Gasteiger partial charge is 0.490 e. The summed E-state index contributed by atoms with van der Waals surface area (Å²) in [7, 11) is 0. The summed E-state index contributed by atoms with van der Waals surface area (Å²) < 4.78 is 5.70. The van der Waals surface area contributed by atoms with Crippen LogP contribution in [-0.2, 0) is 0 Å². The van der Waals surface area contributed by atoms with Gasteiger partial charge in [-0.1, -0.05) is 37.6 Å². The lowest BCUT2D eigenvalue weighted by atomic mass is 10.1. The third-order valence-corrected chi connectivity index (χ3v) is 4.08. The maximum Gasteiger partial charge on any atom is 0.159 e. The van der Waals surface area contributed by atoms with Gasteiger partial charge in [-0.3, -0.25) is 0 Å². The standard InChI is InChI=1S/C23H21N3O/c1-2-3-4-5-14-27-22-12-10-19(11-13-22)21-16-25-23(26-17-21)20-8-6-18(15-24)7-9-20/h4-13,16-17H,2-3,14H2,1H3/b5-4+. The van der Waals surface area contributed by atoms with E-state index in [4.69, 9.17) is 10.00 Å². The molecule has 1 aromatic heterocycles. The van der Waals surface area contributed by atoms with Crippen LogP contribution in [0.4, 0.5) is 0 Å². The van der Waals surface area contributed by atoms with Crippen molar-refractivity contribution >= 4 is 0 Å². The molecule has 0 aliphatic heterocycles. The third-order valence-electron chi connectivity index (χ3n) is 4.08. The summed E-state index contributed by atoms with van der Waals surface area (Å²) in [6.45, 7) is 2.74. The van der Waals surface area contributed by atoms with E-state index in [2.05, 4.69) is 29.0 Å². The molecule has 3 rings (SSSR count). The molecule has 4 nitrogen and oxygen atoms in total. The molecule has 0 unspecified atom stereocenters. The predicted octanol–water partition coefficient (Wildman–Crippen LogP) is 5.42. The number of unbranched alkanes of at least 4 members (excludes halogenated alkanes) is 1. The van der Waals surface area contributed by atoms with Crippen molar-refractivity contribution in [2.75, 3.05) is 6.61 Å². The fourth-order valence-corrected chi connectivity index (χ4v) is 2.56. The Bertz CT molecular complexity index is 921. The van der Waals surface area contributed by atoms with Crippen LogP contribution >= 0.6 is 0 Å². The zero-order valence-corrected chi connectivity index (χ0v) is 15.3. The highest BCUT2D eigenvalue weighted by Gasteiger charge is 2.04. The Balaban J connectivity index is 1.65. The topological polar surface area (TPSA) is 58.8 Å². The number of allylic oxidation sites excluding steroid dienone is 1. The molecule has 27 heavy (non-hydrogen) atoms. The minimum Gasteiger partial charge on any atom is -0.490 e. The molecule has 3 aromatic rings. The fourth-order valence-electron chi connectivity index (χ4n) is 2.56. The van der Waals surface area contributed by atoms with Gasteiger partial charge in [0.05, 0.1) is 11.6 Å². The number of hydrogen-bond donors (Lipinski definition) is 0. The minimum absolute atomic E-state index is 0.585. The number of hydrogen-bond acceptors (Lipinski definition) is 4. The van der Waals surface area contributed by atoms with E-state index in [0.29, 0.717) is 18.0 Å². The fraction of sp³-hybridized carbons (Fsp3) is 0.174. The van der Waals surface area contributed by atoms with E-state index in [0.717, 1.165) is 35.3 Å². The Morgan fingerprint density at radius 2 is 1.56 bits per heavy atom. The van der Waals surface area contributed by atoms with Gasteiger partial charge in [0.15, 0.2) is 5.82 Å². The van der Waals surface area contributed by atoms with E-state index in [1.807, 2.05) is 54.9 Å². The molecule has 0 fully saturated rings. The molecule has 0 spiro atoms. The number of rotatable bonds is 7. The molecule has 0 aliphatic rings. The van der Waals surface area contributed by atoms with Crippen molar-refractivity contribution < 1.29 is 4.74 Å². The summed E-state index contributed by atoms with van der Waals surface area (Å²) in [5, 5.41) is 8.87. The van der Waals surface area contributed by atoms with Gasteiger partial charge in [-0.15, -0.1) is 0 Å². The Morgan fingerprint density at radius 1 is 0.889 bits per heavy atom. The molecule has 4 heteroatoms. The molecule has 0 saturated carbocycles. The van der Waals surface area contributed by atoms with E-state index < -0.39 is 0 Å². The van der Waals surface area contributed by atoms with Gasteiger partial charge in [-0.25, -0.2) is 9.97 Å². The third kappa shape index (κ3) is 5.02. The number of nitrogens with zero attached hydrogens (tertiary/aromatic N) is 3. The van der Waals surface area contributed by atoms with E-state index in [1.165, 1.54) is 0 Å². The predicted molar refractivity (Wildman–Crippen MR) is 107 cm³/mol. The lowest BCUT2D eigenvalue weighted by Crippen LogP contribution is -1.93. The Hall–Kier alpha value is -3.45. The van der Waals surface area contributed by atoms with Crippen molar-refractivity contribution in [3.8, 4) is 34.3 Å². The smallest absolute Gasteiger partial charge is 0.159 e. The van der Waals surface area contributed by atoms with E-state index in [9.17, 15) is 0 Å². The van der Waals surface area contributed by atoms with Crippen LogP contribution in [0.3, 0.4) is 0 Å². The molecule has 134 valence electrons. The molecule has 1 heterocycles. The van der Waals surface area contributed by atoms with Crippen molar-refractivity contribution in [2.45, 2.75) is 19.8 Å². The highest BCUT2D eigenvalue weighted by Crippen LogP contribution is 2.23. The number of benzene rings is 2. The van der Waals surface area contributed by atoms with Crippen LogP contribution in [0.2, 0.25) is 0 Å². The summed E-state index contributed by atoms with van der Waals surface area (Å²) in [5.74, 6) is 1.48. The molecule has 0 radical (unpaired) electrons. The molecule has 0 saturated heterocycles. The summed E-state index contributed by atoms with van der Waals surface area (Å²) in [5.41, 5.74) is 3.50. The average molecular weight is 355 g/mol. The van der Waals surface area contributed by atoms with Gasteiger partial charge in [-0.05, 0) is 48.4 Å². The molecule has 0 atom stereocenters. The highest BCUT2D eigenvalue weighted by atomic mass is 16.5. The second kappa shape index (κ2) is 9.30. The van der Waals surface area contributed by atoms with Crippen LogP contribution in [0.5, 0.6) is 5.75 Å². The SMILES string of the molecule is CCC/C=C/COc1ccc(-c2cnc(-c3ccc(C#N)cc3)nc2)cc1. The first-order valence-corrected chi connectivity index (χ1v) is 9.01. The van der Waals surface area contributed by atoms with Crippen LogP contribution in [-0.4, -0.2) is 16.6 Å². The minimum atomic E-state index is 0.585. The summed E-state index contributed by atoms with van der Waals surface area (Å²) >= 11 is 0. The van der Waals surface area contributed by atoms with Gasteiger partial charge in [0.25, 0.3) is 0 Å². The quantitative estimate of drug-likeness (QED) is 0.531. The van der Waals surface area contributed by atoms with Gasteiger partial charge in [0.1, 0.15) is 12.4 Å². The molecule has 2 aromatic carbocycles. The second-order valence-corrected chi connectivity index (χ2v) is 6.08. The van der Waals surface area contributed by atoms with Crippen molar-refractivity contribution in [3.05, 3.63) is 78.6 Å². The van der Waals surface area contributed by atoms with Gasteiger partial charge in [-0.2, -0.15) is 5.26 Å². The zero-order valence-electron chi connectivity index (χ0n) is 15.3. The molecule has 0 N–H and O–H groups in total. The van der Waals surface area contributed by atoms with Gasteiger partial charge < -0.3 is 4.74 Å². The van der Waals surface area contributed by atoms with Crippen LogP contribution in [0.25, 0.3) is 22.5 Å². The van der Waals surface area contributed by atoms with Crippen molar-refractivity contribution in [2.24, 2.45) is 0 Å². The first-order valence-electron chi connectivity index (χ1n) is 9.01. The van der Waals surface area contributed by atoms with Crippen molar-refractivity contribution in [1.29, 1.82) is 5.26 Å². The first-order chi connectivity index (χ1) is 13.3. The summed E-state index contributed by atoms with van der Waals surface area (Å²) in [4.78, 5) is 8.89. The average Bonchev–Trinajstić information content (AvgIpc) is 2.74. The monoisotopic (exact) mass is 355 g/mol. The Morgan fingerprint density at radius 3 is 2.19 bits per heavy atom. The van der Waals surface area contributed by atoms with Crippen LogP contribution in [0.15, 0.2) is 73.1 Å². The number of aromatic nitrogens is 2. The summed E-state index contributed by atoms with van der Waals surface area (Å²) in [6, 6.07) is 17.3. The van der Waals surface area contributed by atoms with E-state index in [1.54, 1.807) is 12.1 Å². The highest BCUT2D eigenvalue weighted by molar-refractivity contribution is 5.64. The molecule has 0 amide bonds.